The third-order valence-electron chi connectivity index (χ3n) is 3.98. The van der Waals surface area contributed by atoms with Crippen LogP contribution in [-0.2, 0) is 13.1 Å². The molecule has 1 aliphatic rings. The number of piperidine rings is 1. The van der Waals surface area contributed by atoms with Crippen LogP contribution in [0.4, 0.5) is 0 Å². The van der Waals surface area contributed by atoms with Gasteiger partial charge in [0, 0.05) is 31.1 Å². The molecular formula is C14H25N3S. The van der Waals surface area contributed by atoms with Gasteiger partial charge in [-0.05, 0) is 32.7 Å². The Morgan fingerprint density at radius 3 is 3.06 bits per heavy atom. The maximum atomic E-state index is 4.69. The summed E-state index contributed by atoms with van der Waals surface area (Å²) in [6.45, 7) is 7.83. The normalized spacial score (nSPS) is 25.5. The van der Waals surface area contributed by atoms with E-state index >= 15 is 0 Å². The molecule has 0 bridgehead atoms. The molecule has 0 aliphatic carbocycles. The van der Waals surface area contributed by atoms with E-state index in [0.29, 0.717) is 6.04 Å². The summed E-state index contributed by atoms with van der Waals surface area (Å²) in [5.74, 6) is 0.886. The van der Waals surface area contributed by atoms with Gasteiger partial charge in [-0.25, -0.2) is 4.98 Å². The average Bonchev–Trinajstić information content (AvgIpc) is 2.80. The Morgan fingerprint density at radius 1 is 1.50 bits per heavy atom. The number of hydrogen-bond acceptors (Lipinski definition) is 4. The topological polar surface area (TPSA) is 28.2 Å². The van der Waals surface area contributed by atoms with Crippen molar-refractivity contribution in [3.8, 4) is 0 Å². The van der Waals surface area contributed by atoms with Gasteiger partial charge in [0.25, 0.3) is 0 Å². The van der Waals surface area contributed by atoms with E-state index in [0.717, 1.165) is 19.0 Å². The fourth-order valence-corrected chi connectivity index (χ4v) is 3.47. The van der Waals surface area contributed by atoms with Crippen LogP contribution in [0.25, 0.3) is 0 Å². The number of nitrogens with zero attached hydrogens (tertiary/aromatic N) is 2. The molecule has 1 N–H and O–H groups in total. The first-order valence-corrected chi connectivity index (χ1v) is 7.92. The second kappa shape index (κ2) is 6.64. The van der Waals surface area contributed by atoms with E-state index < -0.39 is 0 Å². The van der Waals surface area contributed by atoms with Crippen molar-refractivity contribution in [2.75, 3.05) is 13.6 Å². The van der Waals surface area contributed by atoms with Gasteiger partial charge in [-0.2, -0.15) is 0 Å². The van der Waals surface area contributed by atoms with Gasteiger partial charge in [-0.1, -0.05) is 13.3 Å². The molecule has 0 amide bonds. The zero-order chi connectivity index (χ0) is 13.0. The number of likely N-dealkylation sites (tertiary alicyclic amines) is 1. The SMILES string of the molecule is CCC1CCC(C)N(Cc2csc(CNC)n2)C1. The highest BCUT2D eigenvalue weighted by molar-refractivity contribution is 7.09. The first-order chi connectivity index (χ1) is 8.72. The van der Waals surface area contributed by atoms with E-state index in [9.17, 15) is 0 Å². The molecule has 0 radical (unpaired) electrons. The Labute approximate surface area is 115 Å². The fraction of sp³-hybridized carbons (Fsp3) is 0.786. The Hall–Kier alpha value is -0.450. The predicted molar refractivity (Wildman–Crippen MR) is 77.8 cm³/mol. The molecule has 1 aromatic rings. The highest BCUT2D eigenvalue weighted by Gasteiger charge is 2.24. The monoisotopic (exact) mass is 267 g/mol. The highest BCUT2D eigenvalue weighted by Crippen LogP contribution is 2.25. The van der Waals surface area contributed by atoms with Crippen LogP contribution < -0.4 is 5.32 Å². The maximum Gasteiger partial charge on any atom is 0.107 e. The Balaban J connectivity index is 1.93. The quantitative estimate of drug-likeness (QED) is 0.889. The van der Waals surface area contributed by atoms with Crippen LogP contribution in [0.15, 0.2) is 5.38 Å². The average molecular weight is 267 g/mol. The molecule has 2 unspecified atom stereocenters. The van der Waals surface area contributed by atoms with Gasteiger partial charge in [0.1, 0.15) is 5.01 Å². The van der Waals surface area contributed by atoms with Crippen LogP contribution >= 0.6 is 11.3 Å². The number of hydrogen-bond donors (Lipinski definition) is 1. The lowest BCUT2D eigenvalue weighted by molar-refractivity contribution is 0.107. The van der Waals surface area contributed by atoms with E-state index in [-0.39, 0.29) is 0 Å². The lowest BCUT2D eigenvalue weighted by atomic mass is 9.91. The first-order valence-electron chi connectivity index (χ1n) is 7.04. The van der Waals surface area contributed by atoms with Crippen molar-refractivity contribution in [3.05, 3.63) is 16.1 Å². The molecule has 0 aromatic carbocycles. The van der Waals surface area contributed by atoms with E-state index in [1.807, 2.05) is 7.05 Å². The van der Waals surface area contributed by atoms with Crippen LogP contribution in [0.2, 0.25) is 0 Å². The Kier molecular flexibility index (Phi) is 5.15. The number of rotatable bonds is 5. The third kappa shape index (κ3) is 3.53. The molecule has 102 valence electrons. The summed E-state index contributed by atoms with van der Waals surface area (Å²) in [4.78, 5) is 7.30. The van der Waals surface area contributed by atoms with Gasteiger partial charge in [-0.3, -0.25) is 4.90 Å². The molecule has 3 nitrogen and oxygen atoms in total. The van der Waals surface area contributed by atoms with Crippen molar-refractivity contribution in [1.82, 2.24) is 15.2 Å². The minimum absolute atomic E-state index is 0.710. The Morgan fingerprint density at radius 2 is 2.33 bits per heavy atom. The number of thiazole rings is 1. The smallest absolute Gasteiger partial charge is 0.107 e. The van der Waals surface area contributed by atoms with Crippen LogP contribution in [0.5, 0.6) is 0 Å². The van der Waals surface area contributed by atoms with E-state index in [2.05, 4.69) is 29.4 Å². The summed E-state index contributed by atoms with van der Waals surface area (Å²) < 4.78 is 0. The van der Waals surface area contributed by atoms with Crippen molar-refractivity contribution in [2.45, 2.75) is 52.2 Å². The van der Waals surface area contributed by atoms with E-state index in [1.54, 1.807) is 11.3 Å². The molecule has 1 saturated heterocycles. The largest absolute Gasteiger partial charge is 0.314 e. The van der Waals surface area contributed by atoms with Gasteiger partial charge in [0.2, 0.25) is 0 Å². The minimum Gasteiger partial charge on any atom is -0.314 e. The van der Waals surface area contributed by atoms with Crippen molar-refractivity contribution < 1.29 is 0 Å². The summed E-state index contributed by atoms with van der Waals surface area (Å²) in [6.07, 6.45) is 4.05. The molecule has 2 atom stereocenters. The van der Waals surface area contributed by atoms with Gasteiger partial charge >= 0.3 is 0 Å². The van der Waals surface area contributed by atoms with E-state index in [4.69, 9.17) is 4.98 Å². The number of nitrogens with one attached hydrogen (secondary N) is 1. The molecular weight excluding hydrogens is 242 g/mol. The lowest BCUT2D eigenvalue weighted by Crippen LogP contribution is -2.41. The van der Waals surface area contributed by atoms with Crippen LogP contribution in [0.3, 0.4) is 0 Å². The summed E-state index contributed by atoms with van der Waals surface area (Å²) >= 11 is 1.77. The zero-order valence-corrected chi connectivity index (χ0v) is 12.6. The van der Waals surface area contributed by atoms with Crippen LogP contribution in [0.1, 0.15) is 43.8 Å². The Bertz CT molecular complexity index is 364. The predicted octanol–water partition coefficient (Wildman–Crippen LogP) is 2.87. The van der Waals surface area contributed by atoms with Crippen molar-refractivity contribution in [3.63, 3.8) is 0 Å². The zero-order valence-electron chi connectivity index (χ0n) is 11.8. The minimum atomic E-state index is 0.710. The molecule has 18 heavy (non-hydrogen) atoms. The van der Waals surface area contributed by atoms with Gasteiger partial charge in [-0.15, -0.1) is 11.3 Å². The second-order valence-corrected chi connectivity index (χ2v) is 6.34. The van der Waals surface area contributed by atoms with Crippen LogP contribution in [-0.4, -0.2) is 29.5 Å². The van der Waals surface area contributed by atoms with Gasteiger partial charge < -0.3 is 5.32 Å². The molecule has 2 rings (SSSR count). The molecule has 4 heteroatoms. The molecule has 1 aliphatic heterocycles. The fourth-order valence-electron chi connectivity index (χ4n) is 2.68. The number of aromatic nitrogens is 1. The van der Waals surface area contributed by atoms with Gasteiger partial charge in [0.15, 0.2) is 0 Å². The first kappa shape index (κ1) is 14.0. The molecule has 2 heterocycles. The van der Waals surface area contributed by atoms with Gasteiger partial charge in [0.05, 0.1) is 5.69 Å². The lowest BCUT2D eigenvalue weighted by Gasteiger charge is -2.37. The van der Waals surface area contributed by atoms with Crippen molar-refractivity contribution in [2.24, 2.45) is 5.92 Å². The maximum absolute atomic E-state index is 4.69. The third-order valence-corrected chi connectivity index (χ3v) is 4.88. The van der Waals surface area contributed by atoms with Crippen molar-refractivity contribution >= 4 is 11.3 Å². The molecule has 0 spiro atoms. The summed E-state index contributed by atoms with van der Waals surface area (Å²) in [7, 11) is 1.97. The summed E-state index contributed by atoms with van der Waals surface area (Å²) in [6, 6.07) is 0.710. The standard InChI is InChI=1S/C14H25N3S/c1-4-12-6-5-11(2)17(8-12)9-13-10-18-14(16-13)7-15-3/h10-12,15H,4-9H2,1-3H3. The molecule has 1 aromatic heterocycles. The molecule has 0 saturated carbocycles. The second-order valence-electron chi connectivity index (χ2n) is 5.39. The molecule has 1 fully saturated rings. The van der Waals surface area contributed by atoms with E-state index in [1.165, 1.54) is 36.5 Å². The van der Waals surface area contributed by atoms with Crippen LogP contribution in [0, 0.1) is 5.92 Å². The summed E-state index contributed by atoms with van der Waals surface area (Å²) in [5, 5.41) is 6.58. The summed E-state index contributed by atoms with van der Waals surface area (Å²) in [5.41, 5.74) is 1.24. The van der Waals surface area contributed by atoms with Crippen molar-refractivity contribution in [1.29, 1.82) is 0 Å². The highest BCUT2D eigenvalue weighted by atomic mass is 32.1.